The van der Waals surface area contributed by atoms with Crippen LogP contribution in [0.5, 0.6) is 11.5 Å². The fraction of sp³-hybridized carbons (Fsp3) is 0.222. The molecule has 0 heterocycles. The molecule has 0 atom stereocenters. The van der Waals surface area contributed by atoms with E-state index in [1.807, 2.05) is 0 Å². The quantitative estimate of drug-likeness (QED) is 0.914. The molecule has 1 aromatic rings. The summed E-state index contributed by atoms with van der Waals surface area (Å²) in [6, 6.07) is 3.44. The molecule has 6 heteroatoms. The minimum Gasteiger partial charge on any atom is -0.496 e. The van der Waals surface area contributed by atoms with Crippen molar-refractivity contribution in [2.75, 3.05) is 13.7 Å². The van der Waals surface area contributed by atoms with Gasteiger partial charge in [0.05, 0.1) is 16.1 Å². The highest BCUT2D eigenvalue weighted by atomic mass is 79.9. The van der Waals surface area contributed by atoms with Crippen LogP contribution in [0.3, 0.4) is 0 Å². The molecule has 0 fully saturated rings. The Balaban J connectivity index is 2.90. The fourth-order valence-corrected chi connectivity index (χ4v) is 1.85. The predicted molar refractivity (Wildman–Crippen MR) is 63.1 cm³/mol. The highest BCUT2D eigenvalue weighted by Crippen LogP contribution is 2.35. The summed E-state index contributed by atoms with van der Waals surface area (Å²) in [5.74, 6) is 0.684. The summed E-state index contributed by atoms with van der Waals surface area (Å²) in [5, 5.41) is 0. The summed E-state index contributed by atoms with van der Waals surface area (Å²) in [6.07, 6.45) is 0. The number of carbonyl (C=O) groups excluding carboxylic acids is 1. The molecule has 0 aliphatic carbocycles. The topological polar surface area (TPSA) is 61.6 Å². The van der Waals surface area contributed by atoms with Crippen LogP contribution in [0.2, 0.25) is 0 Å². The normalized spacial score (nSPS) is 9.80. The van der Waals surface area contributed by atoms with E-state index in [9.17, 15) is 4.79 Å². The van der Waals surface area contributed by atoms with Gasteiger partial charge < -0.3 is 15.2 Å². The van der Waals surface area contributed by atoms with Crippen LogP contribution >= 0.6 is 31.9 Å². The predicted octanol–water partition coefficient (Wildman–Crippen LogP) is 2.08. The van der Waals surface area contributed by atoms with E-state index in [2.05, 4.69) is 31.9 Å². The maximum atomic E-state index is 10.5. The van der Waals surface area contributed by atoms with Gasteiger partial charge in [0.15, 0.2) is 6.61 Å². The molecule has 0 saturated carbocycles. The third kappa shape index (κ3) is 3.39. The Bertz CT molecular complexity index is 382. The van der Waals surface area contributed by atoms with E-state index >= 15 is 0 Å². The van der Waals surface area contributed by atoms with Crippen molar-refractivity contribution in [2.24, 2.45) is 5.73 Å². The summed E-state index contributed by atoms with van der Waals surface area (Å²) in [4.78, 5) is 10.5. The highest BCUT2D eigenvalue weighted by Gasteiger charge is 2.08. The van der Waals surface area contributed by atoms with Crippen molar-refractivity contribution < 1.29 is 14.3 Å². The molecular formula is C9H9Br2NO3. The van der Waals surface area contributed by atoms with Crippen LogP contribution in [0, 0.1) is 0 Å². The number of carbonyl (C=O) groups is 1. The van der Waals surface area contributed by atoms with Gasteiger partial charge in [0, 0.05) is 0 Å². The van der Waals surface area contributed by atoms with E-state index in [-0.39, 0.29) is 6.61 Å². The first-order chi connectivity index (χ1) is 7.04. The van der Waals surface area contributed by atoms with Gasteiger partial charge in [-0.05, 0) is 44.0 Å². The van der Waals surface area contributed by atoms with Crippen LogP contribution in [0.15, 0.2) is 21.1 Å². The Morgan fingerprint density at radius 2 is 1.87 bits per heavy atom. The molecule has 0 aliphatic rings. The number of rotatable bonds is 4. The molecule has 1 aromatic carbocycles. The van der Waals surface area contributed by atoms with Gasteiger partial charge in [-0.15, -0.1) is 0 Å². The van der Waals surface area contributed by atoms with Gasteiger partial charge in [0.25, 0.3) is 5.91 Å². The molecule has 0 aromatic heterocycles. The van der Waals surface area contributed by atoms with E-state index in [4.69, 9.17) is 15.2 Å². The number of ether oxygens (including phenoxy) is 2. The smallest absolute Gasteiger partial charge is 0.255 e. The number of halogens is 2. The molecule has 0 bridgehead atoms. The molecule has 15 heavy (non-hydrogen) atoms. The molecule has 0 aliphatic heterocycles. The summed E-state index contributed by atoms with van der Waals surface area (Å²) >= 11 is 6.60. The van der Waals surface area contributed by atoms with Gasteiger partial charge in [0.2, 0.25) is 0 Å². The van der Waals surface area contributed by atoms with Gasteiger partial charge in [-0.3, -0.25) is 4.79 Å². The second kappa shape index (κ2) is 5.37. The summed E-state index contributed by atoms with van der Waals surface area (Å²) in [6.45, 7) is -0.155. The monoisotopic (exact) mass is 337 g/mol. The number of amides is 1. The SMILES string of the molecule is COc1cc(Br)c(OCC(N)=O)cc1Br. The van der Waals surface area contributed by atoms with E-state index in [0.29, 0.717) is 16.0 Å². The van der Waals surface area contributed by atoms with E-state index in [1.165, 1.54) is 0 Å². The van der Waals surface area contributed by atoms with Crippen molar-refractivity contribution in [2.45, 2.75) is 0 Å². The Hall–Kier alpha value is -0.750. The first-order valence-corrected chi connectivity index (χ1v) is 5.57. The van der Waals surface area contributed by atoms with Crippen LogP contribution in [0.4, 0.5) is 0 Å². The number of primary amides is 1. The number of methoxy groups -OCH3 is 1. The molecule has 4 nitrogen and oxygen atoms in total. The average Bonchev–Trinajstić information content (AvgIpc) is 2.18. The average molecular weight is 339 g/mol. The molecule has 0 unspecified atom stereocenters. The first-order valence-electron chi connectivity index (χ1n) is 3.98. The number of hydrogen-bond acceptors (Lipinski definition) is 3. The summed E-state index contributed by atoms with van der Waals surface area (Å²) in [5.41, 5.74) is 4.97. The van der Waals surface area contributed by atoms with E-state index < -0.39 is 5.91 Å². The molecule has 0 radical (unpaired) electrons. The lowest BCUT2D eigenvalue weighted by molar-refractivity contribution is -0.119. The minimum atomic E-state index is -0.520. The van der Waals surface area contributed by atoms with Gasteiger partial charge in [0.1, 0.15) is 11.5 Å². The van der Waals surface area contributed by atoms with Crippen LogP contribution in [0.1, 0.15) is 0 Å². The van der Waals surface area contributed by atoms with Gasteiger partial charge >= 0.3 is 0 Å². The van der Waals surface area contributed by atoms with Crippen molar-refractivity contribution in [3.63, 3.8) is 0 Å². The minimum absolute atomic E-state index is 0.155. The van der Waals surface area contributed by atoms with Crippen LogP contribution < -0.4 is 15.2 Å². The largest absolute Gasteiger partial charge is 0.496 e. The standard InChI is InChI=1S/C9H9Br2NO3/c1-14-7-2-6(11)8(3-5(7)10)15-4-9(12)13/h2-3H,4H2,1H3,(H2,12,13). The number of nitrogens with two attached hydrogens (primary N) is 1. The van der Waals surface area contributed by atoms with Crippen LogP contribution in [-0.2, 0) is 4.79 Å². The van der Waals surface area contributed by atoms with Crippen molar-refractivity contribution >= 4 is 37.8 Å². The molecule has 0 spiro atoms. The lowest BCUT2D eigenvalue weighted by atomic mass is 10.3. The Morgan fingerprint density at radius 1 is 1.33 bits per heavy atom. The Labute approximate surface area is 104 Å². The van der Waals surface area contributed by atoms with E-state index in [1.54, 1.807) is 19.2 Å². The Kier molecular flexibility index (Phi) is 4.41. The van der Waals surface area contributed by atoms with Crippen molar-refractivity contribution in [1.82, 2.24) is 0 Å². The van der Waals surface area contributed by atoms with Crippen molar-refractivity contribution in [1.29, 1.82) is 0 Å². The first kappa shape index (κ1) is 12.3. The maximum Gasteiger partial charge on any atom is 0.255 e. The van der Waals surface area contributed by atoms with Crippen molar-refractivity contribution in [3.8, 4) is 11.5 Å². The van der Waals surface area contributed by atoms with Crippen LogP contribution in [0.25, 0.3) is 0 Å². The molecule has 1 rings (SSSR count). The molecular weight excluding hydrogens is 330 g/mol. The third-order valence-electron chi connectivity index (χ3n) is 1.58. The van der Waals surface area contributed by atoms with E-state index in [0.717, 1.165) is 4.47 Å². The zero-order valence-electron chi connectivity index (χ0n) is 7.92. The fourth-order valence-electron chi connectivity index (χ4n) is 0.926. The second-order valence-electron chi connectivity index (χ2n) is 2.67. The Morgan fingerprint density at radius 3 is 2.40 bits per heavy atom. The number of hydrogen-bond donors (Lipinski definition) is 1. The number of benzene rings is 1. The molecule has 2 N–H and O–H groups in total. The lowest BCUT2D eigenvalue weighted by Crippen LogP contribution is -2.20. The zero-order valence-corrected chi connectivity index (χ0v) is 11.1. The van der Waals surface area contributed by atoms with Gasteiger partial charge in [-0.1, -0.05) is 0 Å². The third-order valence-corrected chi connectivity index (χ3v) is 2.82. The lowest BCUT2D eigenvalue weighted by Gasteiger charge is -2.09. The highest BCUT2D eigenvalue weighted by molar-refractivity contribution is 9.11. The molecule has 0 saturated heterocycles. The second-order valence-corrected chi connectivity index (χ2v) is 4.38. The maximum absolute atomic E-state index is 10.5. The van der Waals surface area contributed by atoms with Gasteiger partial charge in [-0.25, -0.2) is 0 Å². The molecule has 82 valence electrons. The zero-order chi connectivity index (χ0) is 11.4. The van der Waals surface area contributed by atoms with Crippen LogP contribution in [-0.4, -0.2) is 19.6 Å². The van der Waals surface area contributed by atoms with Crippen molar-refractivity contribution in [3.05, 3.63) is 21.1 Å². The summed E-state index contributed by atoms with van der Waals surface area (Å²) < 4.78 is 11.7. The summed E-state index contributed by atoms with van der Waals surface area (Å²) in [7, 11) is 1.57. The molecule has 1 amide bonds. The van der Waals surface area contributed by atoms with Gasteiger partial charge in [-0.2, -0.15) is 0 Å².